The second-order valence-corrected chi connectivity index (χ2v) is 9.04. The van der Waals surface area contributed by atoms with E-state index < -0.39 is 11.6 Å². The molecule has 0 heterocycles. The minimum Gasteiger partial charge on any atom is -0.497 e. The highest BCUT2D eigenvalue weighted by Crippen LogP contribution is 2.33. The molecule has 33 heavy (non-hydrogen) atoms. The van der Waals surface area contributed by atoms with Gasteiger partial charge in [-0.05, 0) is 90.4 Å². The zero-order valence-corrected chi connectivity index (χ0v) is 21.0. The van der Waals surface area contributed by atoms with Crippen molar-refractivity contribution in [1.29, 1.82) is 0 Å². The van der Waals surface area contributed by atoms with Crippen LogP contribution in [-0.2, 0) is 4.74 Å². The van der Waals surface area contributed by atoms with Crippen molar-refractivity contribution in [1.82, 2.24) is 0 Å². The third-order valence-electron chi connectivity index (χ3n) is 4.79. The first kappa shape index (κ1) is 26.0. The van der Waals surface area contributed by atoms with Gasteiger partial charge in [0, 0.05) is 11.1 Å². The van der Waals surface area contributed by atoms with E-state index in [1.165, 1.54) is 13.2 Å². The van der Waals surface area contributed by atoms with Gasteiger partial charge in [0.2, 0.25) is 0 Å². The lowest BCUT2D eigenvalue weighted by atomic mass is 9.96. The van der Waals surface area contributed by atoms with Gasteiger partial charge < -0.3 is 18.9 Å². The molecule has 0 aliphatic rings. The standard InChI is InChI=1S/C27H34O6/c1-16(2)32-25-18(4)24(26(29)33-27(5,6)7)17(3)14-19(25)10-12-22(28)21-15-20(30-8)11-13-23(21)31-9/h10-16H,1-9H3. The Morgan fingerprint density at radius 3 is 2.21 bits per heavy atom. The second kappa shape index (κ2) is 10.6. The molecule has 2 rings (SSSR count). The molecular formula is C27H34O6. The van der Waals surface area contributed by atoms with Crippen LogP contribution in [0.25, 0.3) is 6.08 Å². The van der Waals surface area contributed by atoms with Crippen molar-refractivity contribution < 1.29 is 28.5 Å². The van der Waals surface area contributed by atoms with E-state index in [2.05, 4.69) is 0 Å². The van der Waals surface area contributed by atoms with Gasteiger partial charge >= 0.3 is 5.97 Å². The van der Waals surface area contributed by atoms with Crippen LogP contribution < -0.4 is 14.2 Å². The first-order chi connectivity index (χ1) is 15.4. The smallest absolute Gasteiger partial charge is 0.339 e. The fraction of sp³-hybridized carbons (Fsp3) is 0.407. The molecule has 6 heteroatoms. The van der Waals surface area contributed by atoms with Crippen molar-refractivity contribution in [2.45, 2.75) is 60.2 Å². The van der Waals surface area contributed by atoms with Crippen LogP contribution in [0, 0.1) is 13.8 Å². The molecule has 0 spiro atoms. The van der Waals surface area contributed by atoms with E-state index in [0.717, 1.165) is 5.56 Å². The largest absolute Gasteiger partial charge is 0.497 e. The number of hydrogen-bond acceptors (Lipinski definition) is 6. The molecular weight excluding hydrogens is 420 g/mol. The van der Waals surface area contributed by atoms with Crippen LogP contribution in [0.5, 0.6) is 17.2 Å². The first-order valence-corrected chi connectivity index (χ1v) is 10.9. The number of benzene rings is 2. The first-order valence-electron chi connectivity index (χ1n) is 10.9. The molecule has 0 aliphatic carbocycles. The molecule has 0 fully saturated rings. The van der Waals surface area contributed by atoms with Gasteiger partial charge in [0.15, 0.2) is 5.78 Å². The Morgan fingerprint density at radius 1 is 1.00 bits per heavy atom. The summed E-state index contributed by atoms with van der Waals surface area (Å²) in [6, 6.07) is 6.89. The minimum atomic E-state index is -0.615. The molecule has 0 saturated heterocycles. The number of ketones is 1. The van der Waals surface area contributed by atoms with Crippen molar-refractivity contribution in [2.24, 2.45) is 0 Å². The Balaban J connectivity index is 2.53. The van der Waals surface area contributed by atoms with E-state index >= 15 is 0 Å². The number of aryl methyl sites for hydroxylation is 1. The van der Waals surface area contributed by atoms with Crippen LogP contribution in [0.1, 0.15) is 72.0 Å². The molecule has 0 amide bonds. The maximum atomic E-state index is 13.0. The van der Waals surface area contributed by atoms with Gasteiger partial charge in [0.1, 0.15) is 22.8 Å². The summed E-state index contributed by atoms with van der Waals surface area (Å²) in [6.45, 7) is 13.0. The lowest BCUT2D eigenvalue weighted by molar-refractivity contribution is 0.00671. The van der Waals surface area contributed by atoms with Crippen LogP contribution in [0.15, 0.2) is 30.3 Å². The highest BCUT2D eigenvalue weighted by molar-refractivity contribution is 6.09. The number of methoxy groups -OCH3 is 2. The fourth-order valence-corrected chi connectivity index (χ4v) is 3.42. The van der Waals surface area contributed by atoms with Crippen LogP contribution in [0.4, 0.5) is 0 Å². The van der Waals surface area contributed by atoms with Gasteiger partial charge in [-0.15, -0.1) is 0 Å². The number of carbonyl (C=O) groups excluding carboxylic acids is 2. The summed E-state index contributed by atoms with van der Waals surface area (Å²) in [6.07, 6.45) is 3.03. The van der Waals surface area contributed by atoms with E-state index in [0.29, 0.717) is 39.5 Å². The second-order valence-electron chi connectivity index (χ2n) is 9.04. The van der Waals surface area contributed by atoms with Gasteiger partial charge in [-0.2, -0.15) is 0 Å². The zero-order chi connectivity index (χ0) is 24.9. The summed E-state index contributed by atoms with van der Waals surface area (Å²) >= 11 is 0. The number of carbonyl (C=O) groups is 2. The molecule has 2 aromatic carbocycles. The predicted molar refractivity (Wildman–Crippen MR) is 130 cm³/mol. The van der Waals surface area contributed by atoms with E-state index in [-0.39, 0.29) is 11.9 Å². The van der Waals surface area contributed by atoms with Crippen LogP contribution >= 0.6 is 0 Å². The van der Waals surface area contributed by atoms with Gasteiger partial charge in [-0.1, -0.05) is 0 Å². The van der Waals surface area contributed by atoms with Gasteiger partial charge in [0.25, 0.3) is 0 Å². The van der Waals surface area contributed by atoms with Crippen LogP contribution in [0.3, 0.4) is 0 Å². The van der Waals surface area contributed by atoms with Crippen LogP contribution in [0.2, 0.25) is 0 Å². The lowest BCUT2D eigenvalue weighted by Crippen LogP contribution is -2.25. The molecule has 2 aromatic rings. The number of esters is 1. The van der Waals surface area contributed by atoms with Crippen molar-refractivity contribution in [3.05, 3.63) is 58.2 Å². The Hall–Kier alpha value is -3.28. The normalized spacial score (nSPS) is 11.6. The van der Waals surface area contributed by atoms with Gasteiger partial charge in [0.05, 0.1) is 31.5 Å². The van der Waals surface area contributed by atoms with Crippen molar-refractivity contribution in [3.63, 3.8) is 0 Å². The molecule has 0 N–H and O–H groups in total. The SMILES string of the molecule is COc1ccc(OC)c(C(=O)C=Cc2cc(C)c(C(=O)OC(C)(C)C)c(C)c2OC(C)C)c1. The molecule has 0 saturated carbocycles. The maximum absolute atomic E-state index is 13.0. The molecule has 0 atom stereocenters. The molecule has 0 aliphatic heterocycles. The number of allylic oxidation sites excluding steroid dienone is 1. The average molecular weight is 455 g/mol. The van der Waals surface area contributed by atoms with E-state index in [1.54, 1.807) is 31.4 Å². The Morgan fingerprint density at radius 2 is 1.67 bits per heavy atom. The third kappa shape index (κ3) is 6.60. The van der Waals surface area contributed by atoms with Gasteiger partial charge in [-0.3, -0.25) is 4.79 Å². The summed E-state index contributed by atoms with van der Waals surface area (Å²) < 4.78 is 22.2. The summed E-state index contributed by atoms with van der Waals surface area (Å²) in [7, 11) is 3.05. The van der Waals surface area contributed by atoms with Crippen molar-refractivity contribution >= 4 is 17.8 Å². The molecule has 0 radical (unpaired) electrons. The van der Waals surface area contributed by atoms with Crippen molar-refractivity contribution in [2.75, 3.05) is 14.2 Å². The molecule has 0 bridgehead atoms. The quantitative estimate of drug-likeness (QED) is 0.278. The minimum absolute atomic E-state index is 0.126. The molecule has 0 unspecified atom stereocenters. The average Bonchev–Trinajstić information content (AvgIpc) is 2.72. The Labute approximate surface area is 196 Å². The monoisotopic (exact) mass is 454 g/mol. The number of rotatable bonds is 8. The summed E-state index contributed by atoms with van der Waals surface area (Å²) in [5.41, 5.74) is 2.35. The highest BCUT2D eigenvalue weighted by atomic mass is 16.6. The Kier molecular flexibility index (Phi) is 8.31. The number of hydrogen-bond donors (Lipinski definition) is 0. The van der Waals surface area contributed by atoms with Crippen molar-refractivity contribution in [3.8, 4) is 17.2 Å². The van der Waals surface area contributed by atoms with E-state index in [9.17, 15) is 9.59 Å². The highest BCUT2D eigenvalue weighted by Gasteiger charge is 2.24. The fourth-order valence-electron chi connectivity index (χ4n) is 3.42. The zero-order valence-electron chi connectivity index (χ0n) is 21.0. The number of ether oxygens (including phenoxy) is 4. The summed E-state index contributed by atoms with van der Waals surface area (Å²) in [5, 5.41) is 0. The van der Waals surface area contributed by atoms with E-state index in [4.69, 9.17) is 18.9 Å². The maximum Gasteiger partial charge on any atom is 0.339 e. The molecule has 178 valence electrons. The van der Waals surface area contributed by atoms with E-state index in [1.807, 2.05) is 54.5 Å². The Bertz CT molecular complexity index is 1060. The summed E-state index contributed by atoms with van der Waals surface area (Å²) in [5.74, 6) is 0.909. The predicted octanol–water partition coefficient (Wildman–Crippen LogP) is 5.96. The molecule has 6 nitrogen and oxygen atoms in total. The topological polar surface area (TPSA) is 71.1 Å². The lowest BCUT2D eigenvalue weighted by Gasteiger charge is -2.23. The molecule has 0 aromatic heterocycles. The van der Waals surface area contributed by atoms with Gasteiger partial charge in [-0.25, -0.2) is 4.79 Å². The summed E-state index contributed by atoms with van der Waals surface area (Å²) in [4.78, 5) is 25.8. The third-order valence-corrected chi connectivity index (χ3v) is 4.79. The van der Waals surface area contributed by atoms with Crippen LogP contribution in [-0.4, -0.2) is 37.7 Å².